The normalized spacial score (nSPS) is 10.8. The number of halogens is 1. The van der Waals surface area contributed by atoms with Crippen LogP contribution < -0.4 is 10.6 Å². The summed E-state index contributed by atoms with van der Waals surface area (Å²) in [6, 6.07) is 11.5. The molecular weight excluding hydrogens is 394 g/mol. The Bertz CT molecular complexity index is 1010. The summed E-state index contributed by atoms with van der Waals surface area (Å²) in [5.41, 5.74) is 5.28. The van der Waals surface area contributed by atoms with E-state index >= 15 is 0 Å². The van der Waals surface area contributed by atoms with E-state index in [9.17, 15) is 9.59 Å². The predicted octanol–water partition coefficient (Wildman–Crippen LogP) is 4.22. The number of H-pyrrole nitrogens is 1. The summed E-state index contributed by atoms with van der Waals surface area (Å²) in [6.07, 6.45) is 0. The smallest absolute Gasteiger partial charge is 0.268 e. The Kier molecular flexibility index (Phi) is 5.13. The van der Waals surface area contributed by atoms with Gasteiger partial charge in [-0.1, -0.05) is 22.0 Å². The SMILES string of the molecule is Cc1cc(C)c2cc(C(=O)NCC(=O)Nc3ccc(Br)cc3C)[nH]c2c1. The maximum atomic E-state index is 12.4. The topological polar surface area (TPSA) is 74.0 Å². The van der Waals surface area contributed by atoms with Crippen LogP contribution in [0.2, 0.25) is 0 Å². The molecule has 5 nitrogen and oxygen atoms in total. The Morgan fingerprint density at radius 3 is 2.54 bits per heavy atom. The Balaban J connectivity index is 1.65. The van der Waals surface area contributed by atoms with E-state index in [0.717, 1.165) is 37.8 Å². The molecule has 3 rings (SSSR count). The molecule has 0 spiro atoms. The van der Waals surface area contributed by atoms with Gasteiger partial charge >= 0.3 is 0 Å². The van der Waals surface area contributed by atoms with Crippen LogP contribution in [0.25, 0.3) is 10.9 Å². The molecule has 0 saturated heterocycles. The number of amides is 2. The van der Waals surface area contributed by atoms with Crippen LogP contribution >= 0.6 is 15.9 Å². The van der Waals surface area contributed by atoms with Crippen molar-refractivity contribution >= 4 is 44.3 Å². The standard InChI is InChI=1S/C20H20BrN3O2/c1-11-6-12(2)15-9-18(23-17(15)7-11)20(26)22-10-19(25)24-16-5-4-14(21)8-13(16)3/h4-9,23H,10H2,1-3H3,(H,22,26)(H,24,25). The van der Waals surface area contributed by atoms with Crippen molar-refractivity contribution in [2.75, 3.05) is 11.9 Å². The van der Waals surface area contributed by atoms with Gasteiger partial charge in [0.15, 0.2) is 0 Å². The van der Waals surface area contributed by atoms with Crippen LogP contribution in [-0.4, -0.2) is 23.3 Å². The number of hydrogen-bond donors (Lipinski definition) is 3. The minimum atomic E-state index is -0.305. The van der Waals surface area contributed by atoms with Crippen molar-refractivity contribution in [3.8, 4) is 0 Å². The quantitative estimate of drug-likeness (QED) is 0.598. The number of aromatic amines is 1. The van der Waals surface area contributed by atoms with Crippen molar-refractivity contribution in [2.45, 2.75) is 20.8 Å². The van der Waals surface area contributed by atoms with Crippen LogP contribution in [0.5, 0.6) is 0 Å². The zero-order valence-corrected chi connectivity index (χ0v) is 16.5. The van der Waals surface area contributed by atoms with E-state index < -0.39 is 0 Å². The lowest BCUT2D eigenvalue weighted by Gasteiger charge is -2.09. The van der Waals surface area contributed by atoms with E-state index in [-0.39, 0.29) is 18.4 Å². The highest BCUT2D eigenvalue weighted by Crippen LogP contribution is 2.22. The minimum Gasteiger partial charge on any atom is -0.351 e. The van der Waals surface area contributed by atoms with Crippen LogP contribution in [0.15, 0.2) is 40.9 Å². The Labute approximate surface area is 160 Å². The summed E-state index contributed by atoms with van der Waals surface area (Å²) in [5.74, 6) is -0.576. The molecule has 0 unspecified atom stereocenters. The van der Waals surface area contributed by atoms with Gasteiger partial charge in [-0.2, -0.15) is 0 Å². The molecular formula is C20H20BrN3O2. The van der Waals surface area contributed by atoms with E-state index in [2.05, 4.69) is 37.6 Å². The van der Waals surface area contributed by atoms with E-state index in [4.69, 9.17) is 0 Å². The summed E-state index contributed by atoms with van der Waals surface area (Å²) in [4.78, 5) is 27.6. The van der Waals surface area contributed by atoms with Crippen LogP contribution in [0, 0.1) is 20.8 Å². The Morgan fingerprint density at radius 1 is 1.04 bits per heavy atom. The number of carbonyl (C=O) groups excluding carboxylic acids is 2. The van der Waals surface area contributed by atoms with Gasteiger partial charge in [0.05, 0.1) is 6.54 Å². The van der Waals surface area contributed by atoms with E-state index in [1.54, 1.807) is 0 Å². The maximum absolute atomic E-state index is 12.4. The van der Waals surface area contributed by atoms with Crippen molar-refractivity contribution in [1.29, 1.82) is 0 Å². The first kappa shape index (κ1) is 18.2. The number of aryl methyl sites for hydroxylation is 3. The molecule has 3 N–H and O–H groups in total. The van der Waals surface area contributed by atoms with E-state index in [1.807, 2.05) is 51.1 Å². The van der Waals surface area contributed by atoms with Crippen molar-refractivity contribution in [2.24, 2.45) is 0 Å². The summed E-state index contributed by atoms with van der Waals surface area (Å²) >= 11 is 3.39. The highest BCUT2D eigenvalue weighted by atomic mass is 79.9. The van der Waals surface area contributed by atoms with Gasteiger partial charge in [-0.15, -0.1) is 0 Å². The van der Waals surface area contributed by atoms with Crippen molar-refractivity contribution < 1.29 is 9.59 Å². The molecule has 0 aliphatic carbocycles. The largest absolute Gasteiger partial charge is 0.351 e. The minimum absolute atomic E-state index is 0.0955. The van der Waals surface area contributed by atoms with Crippen LogP contribution in [0.4, 0.5) is 5.69 Å². The summed E-state index contributed by atoms with van der Waals surface area (Å²) in [7, 11) is 0. The van der Waals surface area contributed by atoms with Gasteiger partial charge in [-0.05, 0) is 67.8 Å². The maximum Gasteiger partial charge on any atom is 0.268 e. The average molecular weight is 414 g/mol. The third kappa shape index (κ3) is 3.96. The fraction of sp³-hybridized carbons (Fsp3) is 0.200. The number of carbonyl (C=O) groups is 2. The third-order valence-corrected chi connectivity index (χ3v) is 4.70. The molecule has 2 aromatic carbocycles. The molecule has 0 radical (unpaired) electrons. The van der Waals surface area contributed by atoms with Crippen molar-refractivity contribution in [3.05, 3.63) is 63.3 Å². The van der Waals surface area contributed by atoms with E-state index in [0.29, 0.717) is 5.69 Å². The molecule has 0 saturated carbocycles. The number of benzene rings is 2. The molecule has 1 aromatic heterocycles. The number of rotatable bonds is 4. The van der Waals surface area contributed by atoms with E-state index in [1.165, 1.54) is 0 Å². The van der Waals surface area contributed by atoms with Gasteiger partial charge in [0.25, 0.3) is 5.91 Å². The van der Waals surface area contributed by atoms with Crippen molar-refractivity contribution in [1.82, 2.24) is 10.3 Å². The molecule has 134 valence electrons. The lowest BCUT2D eigenvalue weighted by atomic mass is 10.1. The summed E-state index contributed by atoms with van der Waals surface area (Å²) in [5, 5.41) is 6.47. The molecule has 0 aliphatic rings. The van der Waals surface area contributed by atoms with Crippen LogP contribution in [-0.2, 0) is 4.79 Å². The number of fused-ring (bicyclic) bond motifs is 1. The first-order valence-electron chi connectivity index (χ1n) is 8.27. The molecule has 2 amide bonds. The number of aromatic nitrogens is 1. The zero-order chi connectivity index (χ0) is 18.8. The van der Waals surface area contributed by atoms with Gasteiger partial charge in [-0.25, -0.2) is 0 Å². The molecule has 0 aliphatic heterocycles. The summed E-state index contributed by atoms with van der Waals surface area (Å²) < 4.78 is 0.950. The zero-order valence-electron chi connectivity index (χ0n) is 14.9. The monoisotopic (exact) mass is 413 g/mol. The van der Waals surface area contributed by atoms with Crippen molar-refractivity contribution in [3.63, 3.8) is 0 Å². The lowest BCUT2D eigenvalue weighted by Crippen LogP contribution is -2.33. The fourth-order valence-electron chi connectivity index (χ4n) is 2.94. The third-order valence-electron chi connectivity index (χ3n) is 4.21. The second kappa shape index (κ2) is 7.33. The Morgan fingerprint density at radius 2 is 1.81 bits per heavy atom. The van der Waals surface area contributed by atoms with Gasteiger partial charge in [0.2, 0.25) is 5.91 Å². The lowest BCUT2D eigenvalue weighted by molar-refractivity contribution is -0.115. The van der Waals surface area contributed by atoms with Gasteiger partial charge < -0.3 is 15.6 Å². The molecule has 3 aromatic rings. The highest BCUT2D eigenvalue weighted by molar-refractivity contribution is 9.10. The number of nitrogens with one attached hydrogen (secondary N) is 3. The number of hydrogen-bond acceptors (Lipinski definition) is 2. The Hall–Kier alpha value is -2.60. The van der Waals surface area contributed by atoms with Crippen LogP contribution in [0.1, 0.15) is 27.2 Å². The van der Waals surface area contributed by atoms with Gasteiger partial charge in [0, 0.05) is 21.1 Å². The average Bonchev–Trinajstić information content (AvgIpc) is 2.99. The second-order valence-electron chi connectivity index (χ2n) is 6.42. The number of anilines is 1. The summed E-state index contributed by atoms with van der Waals surface area (Å²) in [6.45, 7) is 5.84. The molecule has 1 heterocycles. The molecule has 26 heavy (non-hydrogen) atoms. The van der Waals surface area contributed by atoms with Gasteiger partial charge in [0.1, 0.15) is 5.69 Å². The predicted molar refractivity (Wildman–Crippen MR) is 108 cm³/mol. The highest BCUT2D eigenvalue weighted by Gasteiger charge is 2.13. The molecule has 0 fully saturated rings. The first-order chi connectivity index (χ1) is 12.3. The fourth-order valence-corrected chi connectivity index (χ4v) is 3.41. The second-order valence-corrected chi connectivity index (χ2v) is 7.33. The van der Waals surface area contributed by atoms with Crippen LogP contribution in [0.3, 0.4) is 0 Å². The molecule has 0 bridgehead atoms. The first-order valence-corrected chi connectivity index (χ1v) is 9.07. The molecule has 0 atom stereocenters. The van der Waals surface area contributed by atoms with Gasteiger partial charge in [-0.3, -0.25) is 9.59 Å². The molecule has 6 heteroatoms.